The first-order chi connectivity index (χ1) is 7.94. The summed E-state index contributed by atoms with van der Waals surface area (Å²) in [5.41, 5.74) is -5.40. The SMILES string of the molecule is O=C(O)c1c(C(F)(F)F)cc(I)cc1C(F)(F)F. The van der Waals surface area contributed by atoms with Gasteiger partial charge in [0, 0.05) is 3.57 Å². The zero-order valence-electron chi connectivity index (χ0n) is 8.16. The first-order valence-electron chi connectivity index (χ1n) is 4.16. The van der Waals surface area contributed by atoms with Crippen molar-refractivity contribution in [2.75, 3.05) is 0 Å². The van der Waals surface area contributed by atoms with E-state index in [2.05, 4.69) is 0 Å². The Labute approximate surface area is 110 Å². The maximum atomic E-state index is 12.5. The first-order valence-corrected chi connectivity index (χ1v) is 5.23. The minimum absolute atomic E-state index is 0.350. The summed E-state index contributed by atoms with van der Waals surface area (Å²) >= 11 is 1.26. The van der Waals surface area contributed by atoms with E-state index in [4.69, 9.17) is 5.11 Å². The van der Waals surface area contributed by atoms with Crippen LogP contribution in [0.1, 0.15) is 21.5 Å². The molecule has 0 atom stereocenters. The molecule has 0 aliphatic heterocycles. The molecule has 0 aliphatic rings. The van der Waals surface area contributed by atoms with Crippen molar-refractivity contribution >= 4 is 28.6 Å². The Morgan fingerprint density at radius 2 is 1.33 bits per heavy atom. The molecule has 0 aliphatic carbocycles. The highest BCUT2D eigenvalue weighted by atomic mass is 127. The lowest BCUT2D eigenvalue weighted by Gasteiger charge is -2.16. The number of benzene rings is 1. The van der Waals surface area contributed by atoms with Crippen LogP contribution in [-0.4, -0.2) is 11.1 Å². The van der Waals surface area contributed by atoms with E-state index in [1.165, 1.54) is 22.6 Å². The number of rotatable bonds is 1. The largest absolute Gasteiger partial charge is 0.478 e. The lowest BCUT2D eigenvalue weighted by molar-refractivity contribution is -0.144. The number of halogens is 7. The number of aromatic carboxylic acids is 1. The molecule has 0 heterocycles. The van der Waals surface area contributed by atoms with Gasteiger partial charge in [0.05, 0.1) is 16.7 Å². The monoisotopic (exact) mass is 384 g/mol. The normalized spacial score (nSPS) is 12.6. The van der Waals surface area contributed by atoms with Gasteiger partial charge in [-0.15, -0.1) is 0 Å². The van der Waals surface area contributed by atoms with Crippen molar-refractivity contribution in [2.24, 2.45) is 0 Å². The summed E-state index contributed by atoms with van der Waals surface area (Å²) in [5, 5.41) is 8.56. The zero-order valence-corrected chi connectivity index (χ0v) is 10.3. The van der Waals surface area contributed by atoms with Crippen molar-refractivity contribution in [3.05, 3.63) is 32.4 Å². The molecule has 0 fully saturated rings. The third-order valence-corrected chi connectivity index (χ3v) is 2.55. The lowest BCUT2D eigenvalue weighted by atomic mass is 10.00. The van der Waals surface area contributed by atoms with E-state index >= 15 is 0 Å². The van der Waals surface area contributed by atoms with Crippen LogP contribution in [0.5, 0.6) is 0 Å². The van der Waals surface area contributed by atoms with E-state index in [0.29, 0.717) is 12.1 Å². The van der Waals surface area contributed by atoms with Gasteiger partial charge in [-0.3, -0.25) is 0 Å². The van der Waals surface area contributed by atoms with Gasteiger partial charge in [0.2, 0.25) is 0 Å². The molecule has 1 rings (SSSR count). The lowest BCUT2D eigenvalue weighted by Crippen LogP contribution is -2.20. The molecule has 0 bridgehead atoms. The van der Waals surface area contributed by atoms with E-state index in [-0.39, 0.29) is 3.57 Å². The summed E-state index contributed by atoms with van der Waals surface area (Å²) in [6.45, 7) is 0. The highest BCUT2D eigenvalue weighted by molar-refractivity contribution is 14.1. The predicted octanol–water partition coefficient (Wildman–Crippen LogP) is 4.03. The van der Waals surface area contributed by atoms with E-state index in [1.807, 2.05) is 0 Å². The molecule has 18 heavy (non-hydrogen) atoms. The van der Waals surface area contributed by atoms with Gasteiger partial charge < -0.3 is 5.11 Å². The van der Waals surface area contributed by atoms with Crippen LogP contribution in [0.4, 0.5) is 26.3 Å². The highest BCUT2D eigenvalue weighted by Crippen LogP contribution is 2.40. The second kappa shape index (κ2) is 4.59. The molecule has 1 aromatic rings. The van der Waals surface area contributed by atoms with Crippen molar-refractivity contribution in [1.82, 2.24) is 0 Å². The third-order valence-electron chi connectivity index (χ3n) is 1.93. The van der Waals surface area contributed by atoms with E-state index < -0.39 is 35.0 Å². The molecule has 0 saturated heterocycles. The highest BCUT2D eigenvalue weighted by Gasteiger charge is 2.43. The van der Waals surface area contributed by atoms with Crippen LogP contribution in [0.2, 0.25) is 0 Å². The van der Waals surface area contributed by atoms with Crippen molar-refractivity contribution < 1.29 is 36.2 Å². The molecule has 0 saturated carbocycles. The fourth-order valence-corrected chi connectivity index (χ4v) is 1.91. The fourth-order valence-electron chi connectivity index (χ4n) is 1.28. The standard InChI is InChI=1S/C9H3F6IO2/c10-8(11,12)4-1-3(16)2-5(9(13,14)15)6(4)7(17)18/h1-2H,(H,17,18). The Hall–Kier alpha value is -1.00. The molecule has 0 unspecified atom stereocenters. The second-order valence-electron chi connectivity index (χ2n) is 3.18. The topological polar surface area (TPSA) is 37.3 Å². The Bertz CT molecular complexity index is 456. The molecule has 0 spiro atoms. The van der Waals surface area contributed by atoms with Crippen molar-refractivity contribution in [3.63, 3.8) is 0 Å². The minimum atomic E-state index is -5.17. The number of carbonyl (C=O) groups is 1. The van der Waals surface area contributed by atoms with Gasteiger partial charge in [0.1, 0.15) is 0 Å². The smallest absolute Gasteiger partial charge is 0.417 e. The molecule has 0 aromatic heterocycles. The maximum Gasteiger partial charge on any atom is 0.417 e. The van der Waals surface area contributed by atoms with Crippen molar-refractivity contribution in [3.8, 4) is 0 Å². The summed E-state index contributed by atoms with van der Waals surface area (Å²) in [4.78, 5) is 10.6. The Morgan fingerprint density at radius 3 is 1.56 bits per heavy atom. The maximum absolute atomic E-state index is 12.5. The quantitative estimate of drug-likeness (QED) is 0.587. The van der Waals surface area contributed by atoms with Gasteiger partial charge in [-0.05, 0) is 34.7 Å². The summed E-state index contributed by atoms with van der Waals surface area (Å²) < 4.78 is 74.8. The summed E-state index contributed by atoms with van der Waals surface area (Å²) in [7, 11) is 0. The number of carboxylic acids is 1. The van der Waals surface area contributed by atoms with Gasteiger partial charge in [-0.25, -0.2) is 4.79 Å². The Kier molecular flexibility index (Phi) is 3.84. The van der Waals surface area contributed by atoms with Gasteiger partial charge in [-0.1, -0.05) is 0 Å². The fraction of sp³-hybridized carbons (Fsp3) is 0.222. The summed E-state index contributed by atoms with van der Waals surface area (Å²) in [6, 6.07) is 0.721. The van der Waals surface area contributed by atoms with E-state index in [0.717, 1.165) is 0 Å². The van der Waals surface area contributed by atoms with Crippen molar-refractivity contribution in [1.29, 1.82) is 0 Å². The van der Waals surface area contributed by atoms with Crippen LogP contribution < -0.4 is 0 Å². The minimum Gasteiger partial charge on any atom is -0.478 e. The first kappa shape index (κ1) is 15.1. The average Bonchev–Trinajstić information content (AvgIpc) is 2.12. The Morgan fingerprint density at radius 1 is 1.00 bits per heavy atom. The van der Waals surface area contributed by atoms with Crippen molar-refractivity contribution in [2.45, 2.75) is 12.4 Å². The molecule has 0 amide bonds. The number of carboxylic acid groups (broad SMARTS) is 1. The molecule has 100 valence electrons. The molecule has 1 N–H and O–H groups in total. The van der Waals surface area contributed by atoms with Crippen LogP contribution in [0.15, 0.2) is 12.1 Å². The number of hydrogen-bond donors (Lipinski definition) is 1. The number of hydrogen-bond acceptors (Lipinski definition) is 1. The molecule has 0 radical (unpaired) electrons. The third kappa shape index (κ3) is 3.06. The van der Waals surface area contributed by atoms with Gasteiger partial charge >= 0.3 is 18.3 Å². The van der Waals surface area contributed by atoms with Crippen LogP contribution in [-0.2, 0) is 12.4 Å². The molecular weight excluding hydrogens is 381 g/mol. The predicted molar refractivity (Wildman–Crippen MR) is 56.1 cm³/mol. The van der Waals surface area contributed by atoms with Gasteiger partial charge in [0.25, 0.3) is 0 Å². The van der Waals surface area contributed by atoms with E-state index in [1.54, 1.807) is 0 Å². The van der Waals surface area contributed by atoms with E-state index in [9.17, 15) is 31.1 Å². The summed E-state index contributed by atoms with van der Waals surface area (Å²) in [5.74, 6) is -2.27. The summed E-state index contributed by atoms with van der Waals surface area (Å²) in [6.07, 6.45) is -10.3. The Balaban J connectivity index is 3.74. The van der Waals surface area contributed by atoms with Crippen LogP contribution in [0.25, 0.3) is 0 Å². The van der Waals surface area contributed by atoms with Crippen LogP contribution >= 0.6 is 22.6 Å². The van der Waals surface area contributed by atoms with Gasteiger partial charge in [0.15, 0.2) is 0 Å². The van der Waals surface area contributed by atoms with Crippen LogP contribution in [0.3, 0.4) is 0 Å². The molecular formula is C9H3F6IO2. The van der Waals surface area contributed by atoms with Gasteiger partial charge in [-0.2, -0.15) is 26.3 Å². The molecule has 1 aromatic carbocycles. The average molecular weight is 384 g/mol. The van der Waals surface area contributed by atoms with Crippen LogP contribution in [0, 0.1) is 3.57 Å². The second-order valence-corrected chi connectivity index (χ2v) is 4.42. The molecule has 2 nitrogen and oxygen atoms in total. The number of alkyl halides is 6. The zero-order chi connectivity index (χ0) is 14.3. The molecule has 9 heteroatoms.